The molecule has 0 aromatic carbocycles. The molecule has 0 amide bonds. The lowest BCUT2D eigenvalue weighted by Crippen LogP contribution is -2.57. The number of aromatic carboxylic acids is 1. The summed E-state index contributed by atoms with van der Waals surface area (Å²) in [7, 11) is 3.65. The normalized spacial score (nSPS) is 19.3. The number of piperazine rings is 1. The Balaban J connectivity index is 2.25. The van der Waals surface area contributed by atoms with Crippen LogP contribution in [0.15, 0.2) is 0 Å². The van der Waals surface area contributed by atoms with E-state index in [1.165, 1.54) is 11.3 Å². The van der Waals surface area contributed by atoms with Gasteiger partial charge in [0.2, 0.25) is 0 Å². The molecule has 1 aromatic rings. The summed E-state index contributed by atoms with van der Waals surface area (Å²) in [6, 6.07) is 0. The van der Waals surface area contributed by atoms with Gasteiger partial charge in [0.05, 0.1) is 12.3 Å². The van der Waals surface area contributed by atoms with Crippen molar-refractivity contribution in [2.75, 3.05) is 38.7 Å². The molecular weight excluding hydrogens is 278 g/mol. The van der Waals surface area contributed by atoms with Crippen LogP contribution in [0.25, 0.3) is 0 Å². The molecule has 0 radical (unpaired) electrons. The molecule has 1 N–H and O–H groups in total. The van der Waals surface area contributed by atoms with Crippen LogP contribution in [0.5, 0.6) is 0 Å². The number of aromatic nitrogens is 1. The Morgan fingerprint density at radius 3 is 2.75 bits per heavy atom. The van der Waals surface area contributed by atoms with Gasteiger partial charge in [-0.25, -0.2) is 9.78 Å². The number of carboxylic acid groups (broad SMARTS) is 1. The van der Waals surface area contributed by atoms with E-state index in [2.05, 4.69) is 35.7 Å². The Labute approximate surface area is 123 Å². The maximum atomic E-state index is 11.3. The van der Waals surface area contributed by atoms with E-state index in [1.807, 2.05) is 0 Å². The highest BCUT2D eigenvalue weighted by atomic mass is 32.1. The molecule has 1 fully saturated rings. The van der Waals surface area contributed by atoms with Crippen LogP contribution in [0, 0.1) is 0 Å². The van der Waals surface area contributed by atoms with Crippen LogP contribution < -0.4 is 4.90 Å². The highest BCUT2D eigenvalue weighted by Crippen LogP contribution is 2.30. The minimum Gasteiger partial charge on any atom is -0.477 e. The molecule has 0 saturated carbocycles. The first-order chi connectivity index (χ1) is 9.35. The lowest BCUT2D eigenvalue weighted by Gasteiger charge is -2.45. The van der Waals surface area contributed by atoms with E-state index >= 15 is 0 Å². The number of ether oxygens (including phenoxy) is 1. The van der Waals surface area contributed by atoms with Crippen LogP contribution in [-0.2, 0) is 11.3 Å². The molecule has 0 spiro atoms. The van der Waals surface area contributed by atoms with E-state index < -0.39 is 5.97 Å². The third-order valence-corrected chi connectivity index (χ3v) is 4.89. The fourth-order valence-electron chi connectivity index (χ4n) is 2.28. The third kappa shape index (κ3) is 2.94. The summed E-state index contributed by atoms with van der Waals surface area (Å²) in [5.41, 5.74) is 0.561. The second-order valence-corrected chi connectivity index (χ2v) is 6.64. The predicted molar refractivity (Wildman–Crippen MR) is 78.7 cm³/mol. The van der Waals surface area contributed by atoms with E-state index in [1.54, 1.807) is 7.11 Å². The third-order valence-electron chi connectivity index (χ3n) is 3.75. The summed E-state index contributed by atoms with van der Waals surface area (Å²) >= 11 is 1.23. The van der Waals surface area contributed by atoms with E-state index in [0.29, 0.717) is 5.69 Å². The lowest BCUT2D eigenvalue weighted by molar-refractivity contribution is 0.0697. The number of rotatable bonds is 4. The molecule has 2 heterocycles. The van der Waals surface area contributed by atoms with Crippen LogP contribution in [-0.4, -0.2) is 60.3 Å². The van der Waals surface area contributed by atoms with Gasteiger partial charge in [-0.1, -0.05) is 11.3 Å². The molecule has 2 rings (SSSR count). The molecule has 112 valence electrons. The summed E-state index contributed by atoms with van der Waals surface area (Å²) in [5.74, 6) is -0.936. The first kappa shape index (κ1) is 15.2. The number of anilines is 1. The first-order valence-electron chi connectivity index (χ1n) is 6.53. The van der Waals surface area contributed by atoms with Gasteiger partial charge < -0.3 is 14.7 Å². The zero-order valence-corrected chi connectivity index (χ0v) is 13.2. The largest absolute Gasteiger partial charge is 0.477 e. The summed E-state index contributed by atoms with van der Waals surface area (Å²) < 4.78 is 5.03. The van der Waals surface area contributed by atoms with Crippen LogP contribution in [0.1, 0.15) is 29.2 Å². The zero-order chi connectivity index (χ0) is 14.9. The van der Waals surface area contributed by atoms with E-state index in [-0.39, 0.29) is 17.0 Å². The first-order valence-corrected chi connectivity index (χ1v) is 7.35. The van der Waals surface area contributed by atoms with Gasteiger partial charge >= 0.3 is 5.97 Å². The second kappa shape index (κ2) is 5.67. The molecule has 0 aliphatic carbocycles. The second-order valence-electron chi connectivity index (χ2n) is 5.67. The SMILES string of the molecule is COCc1nc(N2CCN(C)C(C)(C)C2)sc1C(=O)O. The number of nitrogens with zero attached hydrogens (tertiary/aromatic N) is 3. The van der Waals surface area contributed by atoms with Crippen LogP contribution >= 0.6 is 11.3 Å². The van der Waals surface area contributed by atoms with E-state index in [9.17, 15) is 9.90 Å². The fourth-order valence-corrected chi connectivity index (χ4v) is 3.21. The smallest absolute Gasteiger partial charge is 0.347 e. The number of thiazole rings is 1. The van der Waals surface area contributed by atoms with Gasteiger partial charge in [0.15, 0.2) is 5.13 Å². The molecule has 0 unspecified atom stereocenters. The predicted octanol–water partition coefficient (Wildman–Crippen LogP) is 1.52. The van der Waals surface area contributed by atoms with Gasteiger partial charge in [0.25, 0.3) is 0 Å². The number of hydrogen-bond donors (Lipinski definition) is 1. The molecule has 1 saturated heterocycles. The van der Waals surface area contributed by atoms with Crippen molar-refractivity contribution >= 4 is 22.4 Å². The van der Waals surface area contributed by atoms with Crippen molar-refractivity contribution in [2.24, 2.45) is 0 Å². The van der Waals surface area contributed by atoms with Crippen molar-refractivity contribution in [2.45, 2.75) is 26.0 Å². The summed E-state index contributed by atoms with van der Waals surface area (Å²) in [6.45, 7) is 7.23. The Hall–Kier alpha value is -1.18. The number of carbonyl (C=O) groups is 1. The van der Waals surface area contributed by atoms with E-state index in [0.717, 1.165) is 24.8 Å². The Bertz CT molecular complexity index is 501. The molecule has 0 bridgehead atoms. The summed E-state index contributed by atoms with van der Waals surface area (Å²) in [4.78, 5) is 20.5. The van der Waals surface area contributed by atoms with Gasteiger partial charge in [-0.15, -0.1) is 0 Å². The fraction of sp³-hybridized carbons (Fsp3) is 0.692. The molecule has 1 aliphatic rings. The standard InChI is InChI=1S/C13H21N3O3S/c1-13(2)8-16(6-5-15(13)3)12-14-9(7-19-4)10(20-12)11(17)18/h5-8H2,1-4H3,(H,17,18). The van der Waals surface area contributed by atoms with Gasteiger partial charge in [0.1, 0.15) is 4.88 Å². The van der Waals surface area contributed by atoms with Gasteiger partial charge in [-0.05, 0) is 20.9 Å². The van der Waals surface area contributed by atoms with Crippen molar-refractivity contribution < 1.29 is 14.6 Å². The maximum Gasteiger partial charge on any atom is 0.347 e. The summed E-state index contributed by atoms with van der Waals surface area (Å²) in [6.07, 6.45) is 0. The van der Waals surface area contributed by atoms with Crippen LogP contribution in [0.4, 0.5) is 5.13 Å². The topological polar surface area (TPSA) is 65.9 Å². The maximum absolute atomic E-state index is 11.3. The molecule has 7 heteroatoms. The van der Waals surface area contributed by atoms with Crippen LogP contribution in [0.3, 0.4) is 0 Å². The minimum absolute atomic E-state index is 0.0503. The number of methoxy groups -OCH3 is 1. The molecule has 0 atom stereocenters. The van der Waals surface area contributed by atoms with Crippen molar-refractivity contribution in [3.05, 3.63) is 10.6 Å². The molecule has 1 aliphatic heterocycles. The average Bonchev–Trinajstić information content (AvgIpc) is 2.77. The minimum atomic E-state index is -0.936. The number of hydrogen-bond acceptors (Lipinski definition) is 6. The Morgan fingerprint density at radius 2 is 2.20 bits per heavy atom. The van der Waals surface area contributed by atoms with E-state index in [4.69, 9.17) is 4.74 Å². The highest BCUT2D eigenvalue weighted by molar-refractivity contribution is 7.17. The zero-order valence-electron chi connectivity index (χ0n) is 12.3. The lowest BCUT2D eigenvalue weighted by atomic mass is 10.0. The van der Waals surface area contributed by atoms with Gasteiger partial charge in [0, 0.05) is 32.3 Å². The molecular formula is C13H21N3O3S. The molecule has 20 heavy (non-hydrogen) atoms. The monoisotopic (exact) mass is 299 g/mol. The Kier molecular flexibility index (Phi) is 4.31. The molecule has 1 aromatic heterocycles. The highest BCUT2D eigenvalue weighted by Gasteiger charge is 2.33. The Morgan fingerprint density at radius 1 is 1.50 bits per heavy atom. The van der Waals surface area contributed by atoms with Gasteiger partial charge in [-0.2, -0.15) is 0 Å². The van der Waals surface area contributed by atoms with Gasteiger partial charge in [-0.3, -0.25) is 4.90 Å². The van der Waals surface area contributed by atoms with Crippen molar-refractivity contribution in [3.63, 3.8) is 0 Å². The van der Waals surface area contributed by atoms with Crippen molar-refractivity contribution in [1.29, 1.82) is 0 Å². The van der Waals surface area contributed by atoms with Crippen molar-refractivity contribution in [1.82, 2.24) is 9.88 Å². The number of carboxylic acids is 1. The average molecular weight is 299 g/mol. The van der Waals surface area contributed by atoms with Crippen LogP contribution in [0.2, 0.25) is 0 Å². The molecule has 6 nitrogen and oxygen atoms in total. The number of likely N-dealkylation sites (N-methyl/N-ethyl adjacent to an activating group) is 1. The quantitative estimate of drug-likeness (QED) is 0.909. The summed E-state index contributed by atoms with van der Waals surface area (Å²) in [5, 5.41) is 10.0. The van der Waals surface area contributed by atoms with Crippen molar-refractivity contribution in [3.8, 4) is 0 Å².